The third kappa shape index (κ3) is 3.70. The van der Waals surface area contributed by atoms with Crippen LogP contribution >= 0.6 is 0 Å². The van der Waals surface area contributed by atoms with E-state index in [1.165, 1.54) is 4.31 Å². The van der Waals surface area contributed by atoms with Gasteiger partial charge in [-0.05, 0) is 48.8 Å². The van der Waals surface area contributed by atoms with Gasteiger partial charge >= 0.3 is 0 Å². The van der Waals surface area contributed by atoms with Crippen LogP contribution in [0.3, 0.4) is 0 Å². The van der Waals surface area contributed by atoms with Gasteiger partial charge in [-0.1, -0.05) is 32.9 Å². The Labute approximate surface area is 134 Å². The molecule has 1 saturated heterocycles. The van der Waals surface area contributed by atoms with Crippen molar-refractivity contribution in [1.29, 1.82) is 0 Å². The van der Waals surface area contributed by atoms with Gasteiger partial charge in [0, 0.05) is 13.1 Å². The smallest absolute Gasteiger partial charge is 0.243 e. The van der Waals surface area contributed by atoms with Gasteiger partial charge in [0.25, 0.3) is 0 Å². The summed E-state index contributed by atoms with van der Waals surface area (Å²) >= 11 is 0. The topological polar surface area (TPSA) is 57.6 Å². The minimum absolute atomic E-state index is 0.00479. The average molecular weight is 325 g/mol. The Morgan fingerprint density at radius 2 is 1.82 bits per heavy atom. The minimum Gasteiger partial charge on any atom is -0.393 e. The lowest BCUT2D eigenvalue weighted by molar-refractivity contribution is 0.0885. The van der Waals surface area contributed by atoms with Crippen LogP contribution in [0, 0.1) is 5.92 Å². The SMILES string of the molecule is CC(O)C1CCCN(S(=O)(=O)c2ccc(C(C)(C)C)cc2)C1. The van der Waals surface area contributed by atoms with Crippen molar-refractivity contribution in [3.05, 3.63) is 29.8 Å². The fourth-order valence-electron chi connectivity index (χ4n) is 2.86. The third-order valence-corrected chi connectivity index (χ3v) is 6.34. The van der Waals surface area contributed by atoms with Crippen molar-refractivity contribution >= 4 is 10.0 Å². The van der Waals surface area contributed by atoms with Crippen LogP contribution in [0.1, 0.15) is 46.1 Å². The molecule has 2 atom stereocenters. The second kappa shape index (κ2) is 6.30. The first-order valence-corrected chi connectivity index (χ1v) is 9.35. The van der Waals surface area contributed by atoms with E-state index >= 15 is 0 Å². The van der Waals surface area contributed by atoms with Crippen LogP contribution in [-0.4, -0.2) is 37.0 Å². The molecule has 1 heterocycles. The number of sulfonamides is 1. The monoisotopic (exact) mass is 325 g/mol. The van der Waals surface area contributed by atoms with Gasteiger partial charge in [0.1, 0.15) is 0 Å². The van der Waals surface area contributed by atoms with Crippen molar-refractivity contribution < 1.29 is 13.5 Å². The summed E-state index contributed by atoms with van der Waals surface area (Å²) < 4.78 is 27.0. The first kappa shape index (κ1) is 17.4. The summed E-state index contributed by atoms with van der Waals surface area (Å²) in [6, 6.07) is 7.18. The van der Waals surface area contributed by atoms with Crippen LogP contribution in [0.5, 0.6) is 0 Å². The van der Waals surface area contributed by atoms with Crippen LogP contribution in [0.4, 0.5) is 0 Å². The quantitative estimate of drug-likeness (QED) is 0.929. The van der Waals surface area contributed by atoms with Gasteiger partial charge < -0.3 is 5.11 Å². The summed E-state index contributed by atoms with van der Waals surface area (Å²) in [5.41, 5.74) is 1.12. The molecule has 1 N–H and O–H groups in total. The molecule has 22 heavy (non-hydrogen) atoms. The van der Waals surface area contributed by atoms with E-state index in [1.54, 1.807) is 19.1 Å². The van der Waals surface area contributed by atoms with E-state index in [0.717, 1.165) is 18.4 Å². The van der Waals surface area contributed by atoms with E-state index in [0.29, 0.717) is 18.0 Å². The molecule has 0 bridgehead atoms. The second-order valence-electron chi connectivity index (χ2n) is 7.28. The van der Waals surface area contributed by atoms with E-state index in [4.69, 9.17) is 0 Å². The first-order valence-electron chi connectivity index (χ1n) is 7.91. The lowest BCUT2D eigenvalue weighted by Crippen LogP contribution is -2.42. The van der Waals surface area contributed by atoms with Crippen molar-refractivity contribution in [3.63, 3.8) is 0 Å². The van der Waals surface area contributed by atoms with E-state index in [2.05, 4.69) is 20.8 Å². The highest BCUT2D eigenvalue weighted by Crippen LogP contribution is 2.27. The summed E-state index contributed by atoms with van der Waals surface area (Å²) in [4.78, 5) is 0.340. The normalized spacial score (nSPS) is 22.5. The van der Waals surface area contributed by atoms with Crippen molar-refractivity contribution in [2.45, 2.75) is 57.0 Å². The second-order valence-corrected chi connectivity index (χ2v) is 9.22. The van der Waals surface area contributed by atoms with Gasteiger partial charge in [-0.3, -0.25) is 0 Å². The maximum Gasteiger partial charge on any atom is 0.243 e. The Bertz CT molecular complexity index is 600. The Morgan fingerprint density at radius 1 is 1.23 bits per heavy atom. The maximum atomic E-state index is 12.8. The molecular weight excluding hydrogens is 298 g/mol. The van der Waals surface area contributed by atoms with Crippen LogP contribution < -0.4 is 0 Å². The molecule has 0 aliphatic carbocycles. The molecule has 0 spiro atoms. The molecule has 0 saturated carbocycles. The van der Waals surface area contributed by atoms with Crippen molar-refractivity contribution in [2.75, 3.05) is 13.1 Å². The number of rotatable bonds is 3. The maximum absolute atomic E-state index is 12.8. The summed E-state index contributed by atoms with van der Waals surface area (Å²) in [6.07, 6.45) is 1.21. The highest BCUT2D eigenvalue weighted by atomic mass is 32.2. The molecule has 1 aliphatic heterocycles. The zero-order chi connectivity index (χ0) is 16.5. The summed E-state index contributed by atoms with van der Waals surface area (Å²) in [6.45, 7) is 8.99. The van der Waals surface area contributed by atoms with Crippen LogP contribution in [0.2, 0.25) is 0 Å². The van der Waals surface area contributed by atoms with Crippen LogP contribution in [-0.2, 0) is 15.4 Å². The molecule has 0 radical (unpaired) electrons. The lowest BCUT2D eigenvalue weighted by atomic mass is 9.87. The molecule has 1 aromatic rings. The van der Waals surface area contributed by atoms with Gasteiger partial charge in [-0.2, -0.15) is 4.31 Å². The van der Waals surface area contributed by atoms with Gasteiger partial charge in [0.05, 0.1) is 11.0 Å². The Kier molecular flexibility index (Phi) is 5.00. The number of hydrogen-bond acceptors (Lipinski definition) is 3. The predicted molar refractivity (Wildman–Crippen MR) is 88.3 cm³/mol. The standard InChI is InChI=1S/C17H27NO3S/c1-13(19)14-6-5-11-18(12-14)22(20,21)16-9-7-15(8-10-16)17(2,3)4/h7-10,13-14,19H,5-6,11-12H2,1-4H3. The predicted octanol–water partition coefficient (Wildman–Crippen LogP) is 2.77. The van der Waals surface area contributed by atoms with Crippen molar-refractivity contribution in [1.82, 2.24) is 4.31 Å². The van der Waals surface area contributed by atoms with Gasteiger partial charge in [-0.25, -0.2) is 8.42 Å². The molecule has 5 heteroatoms. The molecule has 1 aliphatic rings. The average Bonchev–Trinajstić information content (AvgIpc) is 2.46. The largest absolute Gasteiger partial charge is 0.393 e. The fraction of sp³-hybridized carbons (Fsp3) is 0.647. The number of nitrogens with zero attached hydrogens (tertiary/aromatic N) is 1. The highest BCUT2D eigenvalue weighted by molar-refractivity contribution is 7.89. The molecule has 4 nitrogen and oxygen atoms in total. The van der Waals surface area contributed by atoms with Gasteiger partial charge in [0.15, 0.2) is 0 Å². The molecule has 124 valence electrons. The minimum atomic E-state index is -3.47. The van der Waals surface area contributed by atoms with Crippen molar-refractivity contribution in [3.8, 4) is 0 Å². The number of hydrogen-bond donors (Lipinski definition) is 1. The van der Waals surface area contributed by atoms with Crippen LogP contribution in [0.25, 0.3) is 0 Å². The number of aliphatic hydroxyl groups excluding tert-OH is 1. The fourth-order valence-corrected chi connectivity index (χ4v) is 4.40. The molecule has 0 aromatic heterocycles. The van der Waals surface area contributed by atoms with E-state index < -0.39 is 16.1 Å². The number of aliphatic hydroxyl groups is 1. The van der Waals surface area contributed by atoms with E-state index in [1.807, 2.05) is 12.1 Å². The first-order chi connectivity index (χ1) is 10.1. The molecule has 0 amide bonds. The summed E-state index contributed by atoms with van der Waals surface area (Å²) in [5.74, 6) is 0.0253. The van der Waals surface area contributed by atoms with Gasteiger partial charge in [0.2, 0.25) is 10.0 Å². The molecule has 1 fully saturated rings. The van der Waals surface area contributed by atoms with Gasteiger partial charge in [-0.15, -0.1) is 0 Å². The Morgan fingerprint density at radius 3 is 2.32 bits per heavy atom. The van der Waals surface area contributed by atoms with E-state index in [9.17, 15) is 13.5 Å². The molecular formula is C17H27NO3S. The lowest BCUT2D eigenvalue weighted by Gasteiger charge is -2.33. The van der Waals surface area contributed by atoms with Crippen LogP contribution in [0.15, 0.2) is 29.2 Å². The summed E-state index contributed by atoms with van der Waals surface area (Å²) in [7, 11) is -3.47. The zero-order valence-corrected chi connectivity index (χ0v) is 14.7. The zero-order valence-electron chi connectivity index (χ0n) is 13.9. The Hall–Kier alpha value is -0.910. The molecule has 2 rings (SSSR count). The molecule has 2 unspecified atom stereocenters. The number of piperidine rings is 1. The Balaban J connectivity index is 2.23. The molecule has 1 aromatic carbocycles. The highest BCUT2D eigenvalue weighted by Gasteiger charge is 2.32. The van der Waals surface area contributed by atoms with Crippen molar-refractivity contribution in [2.24, 2.45) is 5.92 Å². The summed E-state index contributed by atoms with van der Waals surface area (Å²) in [5, 5.41) is 9.74. The number of benzene rings is 1. The van der Waals surface area contributed by atoms with E-state index in [-0.39, 0.29) is 11.3 Å². The third-order valence-electron chi connectivity index (χ3n) is 4.46.